The third kappa shape index (κ3) is 4.40. The second-order valence-corrected chi connectivity index (χ2v) is 4.68. The number of ether oxygens (including phenoxy) is 1. The number of halogens is 6. The Morgan fingerprint density at radius 1 is 0.917 bits per heavy atom. The SMILES string of the molecule is O=C(O)c1cc(-c2cccc(OC(F)(F)F)c2)cc(C(F)(F)F)c1. The third-order valence-electron chi connectivity index (χ3n) is 2.91. The van der Waals surface area contributed by atoms with Crippen molar-refractivity contribution < 1.29 is 41.0 Å². The van der Waals surface area contributed by atoms with Crippen LogP contribution in [0.25, 0.3) is 11.1 Å². The van der Waals surface area contributed by atoms with E-state index in [1.165, 1.54) is 6.07 Å². The molecule has 0 saturated carbocycles. The molecule has 0 aliphatic rings. The summed E-state index contributed by atoms with van der Waals surface area (Å²) < 4.78 is 78.9. The van der Waals surface area contributed by atoms with Crippen LogP contribution in [0.15, 0.2) is 42.5 Å². The number of aromatic carboxylic acids is 1. The molecular formula is C15H8F6O3. The second kappa shape index (κ2) is 6.06. The molecule has 0 aromatic heterocycles. The Balaban J connectivity index is 2.54. The van der Waals surface area contributed by atoms with Gasteiger partial charge < -0.3 is 9.84 Å². The molecule has 3 nitrogen and oxygen atoms in total. The normalized spacial score (nSPS) is 12.1. The van der Waals surface area contributed by atoms with Gasteiger partial charge in [-0.2, -0.15) is 13.2 Å². The van der Waals surface area contributed by atoms with E-state index in [1.807, 2.05) is 0 Å². The number of alkyl halides is 6. The van der Waals surface area contributed by atoms with Gasteiger partial charge in [0.25, 0.3) is 0 Å². The molecule has 2 aromatic carbocycles. The number of benzene rings is 2. The molecule has 0 radical (unpaired) electrons. The van der Waals surface area contributed by atoms with E-state index < -0.39 is 35.4 Å². The minimum absolute atomic E-state index is 0.0506. The Hall–Kier alpha value is -2.71. The van der Waals surface area contributed by atoms with Gasteiger partial charge in [-0.25, -0.2) is 4.79 Å². The Morgan fingerprint density at radius 2 is 1.58 bits per heavy atom. The smallest absolute Gasteiger partial charge is 0.478 e. The van der Waals surface area contributed by atoms with Gasteiger partial charge in [0.2, 0.25) is 0 Å². The molecule has 9 heteroatoms. The Labute approximate surface area is 131 Å². The fourth-order valence-corrected chi connectivity index (χ4v) is 1.95. The average Bonchev–Trinajstić information content (AvgIpc) is 2.44. The minimum atomic E-state index is -4.96. The quantitative estimate of drug-likeness (QED) is 0.795. The van der Waals surface area contributed by atoms with Crippen molar-refractivity contribution in [3.63, 3.8) is 0 Å². The van der Waals surface area contributed by atoms with Crippen LogP contribution in [0.1, 0.15) is 15.9 Å². The molecule has 1 N–H and O–H groups in total. The van der Waals surface area contributed by atoms with Crippen molar-refractivity contribution in [2.45, 2.75) is 12.5 Å². The lowest BCUT2D eigenvalue weighted by Gasteiger charge is -2.13. The predicted octanol–water partition coefficient (Wildman–Crippen LogP) is 4.97. The van der Waals surface area contributed by atoms with Crippen LogP contribution in [0.4, 0.5) is 26.3 Å². The van der Waals surface area contributed by atoms with Gasteiger partial charge in [-0.15, -0.1) is 13.2 Å². The highest BCUT2D eigenvalue weighted by molar-refractivity contribution is 5.90. The van der Waals surface area contributed by atoms with Crippen LogP contribution in [-0.4, -0.2) is 17.4 Å². The molecule has 128 valence electrons. The summed E-state index contributed by atoms with van der Waals surface area (Å²) in [5, 5.41) is 8.91. The zero-order chi connectivity index (χ0) is 18.1. The maximum absolute atomic E-state index is 12.9. The standard InChI is InChI=1S/C15H8F6O3/c16-14(17,18)11-5-9(4-10(6-11)13(22)23)8-2-1-3-12(7-8)24-15(19,20)21/h1-7H,(H,22,23). The molecule has 0 bridgehead atoms. The zero-order valence-electron chi connectivity index (χ0n) is 11.6. The lowest BCUT2D eigenvalue weighted by molar-refractivity contribution is -0.274. The van der Waals surface area contributed by atoms with E-state index in [4.69, 9.17) is 5.11 Å². The van der Waals surface area contributed by atoms with Gasteiger partial charge in [-0.05, 0) is 41.5 Å². The van der Waals surface area contributed by atoms with Crippen LogP contribution in [-0.2, 0) is 6.18 Å². The molecule has 0 atom stereocenters. The maximum Gasteiger partial charge on any atom is 0.573 e. The molecule has 0 aliphatic carbocycles. The first-order chi connectivity index (χ1) is 11.0. The van der Waals surface area contributed by atoms with Crippen molar-refractivity contribution in [3.05, 3.63) is 53.6 Å². The van der Waals surface area contributed by atoms with Crippen molar-refractivity contribution in [3.8, 4) is 16.9 Å². The molecule has 24 heavy (non-hydrogen) atoms. The zero-order valence-corrected chi connectivity index (χ0v) is 11.6. The first-order valence-corrected chi connectivity index (χ1v) is 6.27. The average molecular weight is 350 g/mol. The number of hydrogen-bond donors (Lipinski definition) is 1. The molecule has 2 aromatic rings. The largest absolute Gasteiger partial charge is 0.573 e. The number of carbonyl (C=O) groups is 1. The topological polar surface area (TPSA) is 46.5 Å². The third-order valence-corrected chi connectivity index (χ3v) is 2.91. The summed E-state index contributed by atoms with van der Waals surface area (Å²) in [7, 11) is 0. The van der Waals surface area contributed by atoms with E-state index >= 15 is 0 Å². The second-order valence-electron chi connectivity index (χ2n) is 4.68. The highest BCUT2D eigenvalue weighted by Gasteiger charge is 2.33. The van der Waals surface area contributed by atoms with Crippen molar-refractivity contribution in [1.29, 1.82) is 0 Å². The summed E-state index contributed by atoms with van der Waals surface area (Å²) in [6.45, 7) is 0. The molecule has 0 saturated heterocycles. The molecular weight excluding hydrogens is 342 g/mol. The lowest BCUT2D eigenvalue weighted by Crippen LogP contribution is -2.17. The van der Waals surface area contributed by atoms with Gasteiger partial charge in [-0.3, -0.25) is 0 Å². The van der Waals surface area contributed by atoms with E-state index in [0.717, 1.165) is 24.3 Å². The van der Waals surface area contributed by atoms with Crippen LogP contribution in [0.3, 0.4) is 0 Å². The highest BCUT2D eigenvalue weighted by Crippen LogP contribution is 2.35. The molecule has 0 unspecified atom stereocenters. The fourth-order valence-electron chi connectivity index (χ4n) is 1.95. The van der Waals surface area contributed by atoms with E-state index in [-0.39, 0.29) is 11.1 Å². The minimum Gasteiger partial charge on any atom is -0.478 e. The van der Waals surface area contributed by atoms with Crippen LogP contribution in [0.5, 0.6) is 5.75 Å². The molecule has 0 heterocycles. The summed E-state index contributed by atoms with van der Waals surface area (Å²) in [6.07, 6.45) is -9.76. The summed E-state index contributed by atoms with van der Waals surface area (Å²) in [5.74, 6) is -2.22. The molecule has 2 rings (SSSR count). The van der Waals surface area contributed by atoms with E-state index in [1.54, 1.807) is 0 Å². The highest BCUT2D eigenvalue weighted by atomic mass is 19.4. The Kier molecular flexibility index (Phi) is 4.46. The number of rotatable bonds is 3. The van der Waals surface area contributed by atoms with Crippen LogP contribution in [0.2, 0.25) is 0 Å². The van der Waals surface area contributed by atoms with E-state index in [9.17, 15) is 31.1 Å². The maximum atomic E-state index is 12.9. The molecule has 0 fully saturated rings. The monoisotopic (exact) mass is 350 g/mol. The van der Waals surface area contributed by atoms with Gasteiger partial charge in [0.1, 0.15) is 5.75 Å². The van der Waals surface area contributed by atoms with Crippen LogP contribution < -0.4 is 4.74 Å². The summed E-state index contributed by atoms with van der Waals surface area (Å²) in [4.78, 5) is 11.0. The number of carboxylic acids is 1. The van der Waals surface area contributed by atoms with Crippen molar-refractivity contribution >= 4 is 5.97 Å². The van der Waals surface area contributed by atoms with Crippen molar-refractivity contribution in [1.82, 2.24) is 0 Å². The number of hydrogen-bond acceptors (Lipinski definition) is 2. The number of carboxylic acid groups (broad SMARTS) is 1. The van der Waals surface area contributed by atoms with E-state index in [2.05, 4.69) is 4.74 Å². The van der Waals surface area contributed by atoms with Gasteiger partial charge in [0, 0.05) is 0 Å². The lowest BCUT2D eigenvalue weighted by atomic mass is 9.99. The molecule has 0 amide bonds. The van der Waals surface area contributed by atoms with Crippen LogP contribution in [0, 0.1) is 0 Å². The first-order valence-electron chi connectivity index (χ1n) is 6.27. The Bertz CT molecular complexity index is 765. The predicted molar refractivity (Wildman–Crippen MR) is 70.5 cm³/mol. The summed E-state index contributed by atoms with van der Waals surface area (Å²) >= 11 is 0. The summed E-state index contributed by atoms with van der Waals surface area (Å²) in [5.41, 5.74) is -2.11. The van der Waals surface area contributed by atoms with Gasteiger partial charge in [0.15, 0.2) is 0 Å². The van der Waals surface area contributed by atoms with Gasteiger partial charge in [0.05, 0.1) is 11.1 Å². The summed E-state index contributed by atoms with van der Waals surface area (Å²) in [6, 6.07) is 6.27. The van der Waals surface area contributed by atoms with Crippen LogP contribution >= 0.6 is 0 Å². The van der Waals surface area contributed by atoms with Crippen molar-refractivity contribution in [2.75, 3.05) is 0 Å². The van der Waals surface area contributed by atoms with E-state index in [0.29, 0.717) is 12.1 Å². The first kappa shape index (κ1) is 17.6. The Morgan fingerprint density at radius 3 is 2.12 bits per heavy atom. The van der Waals surface area contributed by atoms with Gasteiger partial charge in [-0.1, -0.05) is 12.1 Å². The molecule has 0 spiro atoms. The molecule has 0 aliphatic heterocycles. The van der Waals surface area contributed by atoms with Crippen molar-refractivity contribution in [2.24, 2.45) is 0 Å². The fraction of sp³-hybridized carbons (Fsp3) is 0.133. The van der Waals surface area contributed by atoms with Gasteiger partial charge >= 0.3 is 18.5 Å².